The normalized spacial score (nSPS) is 14.7. The molecule has 4 aromatic rings. The predicted octanol–water partition coefficient (Wildman–Crippen LogP) is 4.53. The van der Waals surface area contributed by atoms with Crippen molar-refractivity contribution in [3.05, 3.63) is 71.4 Å². The maximum atomic E-state index is 13.4. The highest BCUT2D eigenvalue weighted by atomic mass is 16.5. The zero-order valence-corrected chi connectivity index (χ0v) is 20.1. The number of anilines is 1. The number of nitrogens with zero attached hydrogens (tertiary/aromatic N) is 3. The molecule has 8 nitrogen and oxygen atoms in total. The summed E-state index contributed by atoms with van der Waals surface area (Å²) in [7, 11) is 1.62. The van der Waals surface area contributed by atoms with Gasteiger partial charge in [0.2, 0.25) is 0 Å². The Labute approximate surface area is 203 Å². The van der Waals surface area contributed by atoms with Crippen LogP contribution < -0.4 is 15.0 Å². The number of benzene rings is 2. The molecule has 1 aliphatic heterocycles. The van der Waals surface area contributed by atoms with E-state index in [1.54, 1.807) is 13.2 Å². The number of carbonyl (C=O) groups excluding carboxylic acids is 1. The van der Waals surface area contributed by atoms with Crippen LogP contribution in [0.4, 0.5) is 5.69 Å². The summed E-state index contributed by atoms with van der Waals surface area (Å²) in [6.07, 6.45) is 0. The Morgan fingerprint density at radius 3 is 2.49 bits per heavy atom. The second-order valence-corrected chi connectivity index (χ2v) is 8.62. The lowest BCUT2D eigenvalue weighted by Crippen LogP contribution is -2.36. The Kier molecular flexibility index (Phi) is 6.37. The first-order chi connectivity index (χ1) is 17.0. The third-order valence-electron chi connectivity index (χ3n) is 6.36. The first-order valence-electron chi connectivity index (χ1n) is 11.7. The van der Waals surface area contributed by atoms with Crippen molar-refractivity contribution in [2.75, 3.05) is 38.3 Å². The van der Waals surface area contributed by atoms with Crippen LogP contribution in [0.2, 0.25) is 0 Å². The number of hydrogen-bond acceptors (Lipinski definition) is 7. The largest absolute Gasteiger partial charge is 0.497 e. The maximum absolute atomic E-state index is 13.4. The number of carbonyl (C=O) groups is 1. The van der Waals surface area contributed by atoms with Gasteiger partial charge in [0.1, 0.15) is 5.75 Å². The Morgan fingerprint density at radius 2 is 1.80 bits per heavy atom. The van der Waals surface area contributed by atoms with Gasteiger partial charge in [0.25, 0.3) is 11.6 Å². The number of aryl methyl sites for hydroxylation is 1. The number of fused-ring (bicyclic) bond motifs is 1. The quantitative estimate of drug-likeness (QED) is 0.441. The van der Waals surface area contributed by atoms with Crippen LogP contribution in [0.3, 0.4) is 0 Å². The van der Waals surface area contributed by atoms with Gasteiger partial charge in [-0.25, -0.2) is 4.98 Å². The number of methoxy groups -OCH3 is 1. The summed E-state index contributed by atoms with van der Waals surface area (Å²) in [5, 5.41) is 7.79. The van der Waals surface area contributed by atoms with Gasteiger partial charge in [0, 0.05) is 24.3 Å². The lowest BCUT2D eigenvalue weighted by molar-refractivity contribution is 0.0941. The molecule has 0 aliphatic carbocycles. The number of aromatic nitrogens is 2. The molecule has 1 saturated heterocycles. The molecule has 180 valence electrons. The second-order valence-electron chi connectivity index (χ2n) is 8.62. The molecule has 0 bridgehead atoms. The van der Waals surface area contributed by atoms with Crippen LogP contribution in [-0.4, -0.2) is 49.5 Å². The van der Waals surface area contributed by atoms with E-state index in [1.807, 2.05) is 38.1 Å². The van der Waals surface area contributed by atoms with Gasteiger partial charge in [0.15, 0.2) is 0 Å². The first kappa shape index (κ1) is 22.9. The summed E-state index contributed by atoms with van der Waals surface area (Å²) < 4.78 is 16.1. The fourth-order valence-corrected chi connectivity index (χ4v) is 4.34. The maximum Gasteiger partial charge on any atom is 0.259 e. The standard InChI is InChI=1S/C27H28N4O4/c1-17(19-4-8-21(9-5-19)31-12-14-34-15-13-31)28-26(32)23-16-24(20-6-10-22(33-3)11-7-20)29-27-25(23)18(2)30-35-27/h4-11,16-17H,12-15H2,1-3H3,(H,28,32)/t17-/m0/s1. The molecule has 8 heteroatoms. The van der Waals surface area contributed by atoms with Crippen molar-refractivity contribution in [3.8, 4) is 17.0 Å². The van der Waals surface area contributed by atoms with E-state index < -0.39 is 0 Å². The lowest BCUT2D eigenvalue weighted by atomic mass is 10.0. The van der Waals surface area contributed by atoms with Gasteiger partial charge in [-0.2, -0.15) is 0 Å². The number of hydrogen-bond donors (Lipinski definition) is 1. The number of ether oxygens (including phenoxy) is 2. The van der Waals surface area contributed by atoms with Crippen LogP contribution in [0.1, 0.15) is 34.6 Å². The topological polar surface area (TPSA) is 89.7 Å². The molecule has 0 saturated carbocycles. The molecule has 2 aromatic heterocycles. The van der Waals surface area contributed by atoms with Gasteiger partial charge in [-0.1, -0.05) is 17.3 Å². The second kappa shape index (κ2) is 9.76. The summed E-state index contributed by atoms with van der Waals surface area (Å²) in [5.41, 5.74) is 5.11. The van der Waals surface area contributed by atoms with Crippen LogP contribution in [0.5, 0.6) is 5.75 Å². The monoisotopic (exact) mass is 472 g/mol. The first-order valence-corrected chi connectivity index (χ1v) is 11.7. The van der Waals surface area contributed by atoms with Crippen molar-refractivity contribution in [3.63, 3.8) is 0 Å². The lowest BCUT2D eigenvalue weighted by Gasteiger charge is -2.29. The molecule has 0 radical (unpaired) electrons. The Bertz CT molecular complexity index is 1330. The van der Waals surface area contributed by atoms with Crippen LogP contribution >= 0.6 is 0 Å². The summed E-state index contributed by atoms with van der Waals surface area (Å²) in [4.78, 5) is 20.3. The van der Waals surface area contributed by atoms with Crippen LogP contribution in [0.15, 0.2) is 59.1 Å². The minimum absolute atomic E-state index is 0.186. The van der Waals surface area contributed by atoms with Crippen molar-refractivity contribution in [2.45, 2.75) is 19.9 Å². The molecule has 1 fully saturated rings. The highest BCUT2D eigenvalue weighted by Crippen LogP contribution is 2.29. The van der Waals surface area contributed by atoms with Gasteiger partial charge in [-0.15, -0.1) is 0 Å². The molecular weight excluding hydrogens is 444 g/mol. The molecule has 0 spiro atoms. The number of pyridine rings is 1. The summed E-state index contributed by atoms with van der Waals surface area (Å²) >= 11 is 0. The number of amides is 1. The minimum Gasteiger partial charge on any atom is -0.497 e. The van der Waals surface area contributed by atoms with Gasteiger partial charge in [0.05, 0.1) is 48.7 Å². The van der Waals surface area contributed by atoms with Crippen LogP contribution in [-0.2, 0) is 4.74 Å². The van der Waals surface area contributed by atoms with E-state index in [-0.39, 0.29) is 11.9 Å². The summed E-state index contributed by atoms with van der Waals surface area (Å²) in [5.74, 6) is 0.542. The molecule has 1 aliphatic rings. The number of rotatable bonds is 6. The third kappa shape index (κ3) is 4.70. The van der Waals surface area contributed by atoms with Gasteiger partial charge >= 0.3 is 0 Å². The van der Waals surface area contributed by atoms with Gasteiger partial charge in [-0.05, 0) is 61.9 Å². The average Bonchev–Trinajstić information content (AvgIpc) is 3.29. The molecule has 1 amide bonds. The summed E-state index contributed by atoms with van der Waals surface area (Å²) in [6, 6.07) is 17.4. The molecule has 2 aromatic carbocycles. The van der Waals surface area contributed by atoms with Crippen LogP contribution in [0, 0.1) is 6.92 Å². The Morgan fingerprint density at radius 1 is 1.09 bits per heavy atom. The molecule has 0 unspecified atom stereocenters. The highest BCUT2D eigenvalue weighted by Gasteiger charge is 2.21. The van der Waals surface area contributed by atoms with E-state index >= 15 is 0 Å². The number of nitrogens with one attached hydrogen (secondary N) is 1. The summed E-state index contributed by atoms with van der Waals surface area (Å²) in [6.45, 7) is 7.05. The zero-order chi connectivity index (χ0) is 24.4. The molecule has 3 heterocycles. The van der Waals surface area contributed by atoms with Crippen molar-refractivity contribution < 1.29 is 18.8 Å². The third-order valence-corrected chi connectivity index (χ3v) is 6.36. The van der Waals surface area contributed by atoms with E-state index in [2.05, 4.69) is 44.6 Å². The van der Waals surface area contributed by atoms with E-state index in [0.29, 0.717) is 28.1 Å². The molecular formula is C27H28N4O4. The molecule has 1 N–H and O–H groups in total. The van der Waals surface area contributed by atoms with Crippen molar-refractivity contribution in [1.29, 1.82) is 0 Å². The van der Waals surface area contributed by atoms with E-state index in [1.165, 1.54) is 0 Å². The SMILES string of the molecule is COc1ccc(-c2cc(C(=O)N[C@@H](C)c3ccc(N4CCOCC4)cc3)c3c(C)noc3n2)cc1. The van der Waals surface area contributed by atoms with E-state index in [9.17, 15) is 4.79 Å². The molecule has 1 atom stereocenters. The Balaban J connectivity index is 1.40. The highest BCUT2D eigenvalue weighted by molar-refractivity contribution is 6.07. The minimum atomic E-state index is -0.205. The fraction of sp³-hybridized carbons (Fsp3) is 0.296. The average molecular weight is 473 g/mol. The Hall–Kier alpha value is -3.91. The zero-order valence-electron chi connectivity index (χ0n) is 20.1. The van der Waals surface area contributed by atoms with Crippen LogP contribution in [0.25, 0.3) is 22.4 Å². The van der Waals surface area contributed by atoms with Gasteiger partial charge in [-0.3, -0.25) is 4.79 Å². The predicted molar refractivity (Wildman–Crippen MR) is 134 cm³/mol. The molecule has 35 heavy (non-hydrogen) atoms. The van der Waals surface area contributed by atoms with Crippen molar-refractivity contribution >= 4 is 22.7 Å². The van der Waals surface area contributed by atoms with E-state index in [0.717, 1.165) is 48.9 Å². The smallest absolute Gasteiger partial charge is 0.259 e. The van der Waals surface area contributed by atoms with E-state index in [4.69, 9.17) is 14.0 Å². The fourth-order valence-electron chi connectivity index (χ4n) is 4.34. The van der Waals surface area contributed by atoms with Crippen molar-refractivity contribution in [2.24, 2.45) is 0 Å². The van der Waals surface area contributed by atoms with Crippen molar-refractivity contribution in [1.82, 2.24) is 15.5 Å². The molecule has 5 rings (SSSR count). The number of morpholine rings is 1. The van der Waals surface area contributed by atoms with Gasteiger partial charge < -0.3 is 24.2 Å².